The maximum absolute atomic E-state index is 14.4. The van der Waals surface area contributed by atoms with E-state index in [1.165, 1.54) is 0 Å². The van der Waals surface area contributed by atoms with E-state index in [-0.39, 0.29) is 34.3 Å². The minimum absolute atomic E-state index is 0.113. The molecule has 50 heavy (non-hydrogen) atoms. The topological polar surface area (TPSA) is 14.2 Å². The molecule has 0 spiro atoms. The maximum Gasteiger partial charge on any atom is 0.416 e. The zero-order chi connectivity index (χ0) is 35.1. The number of alkyl halides is 6. The van der Waals surface area contributed by atoms with E-state index >= 15 is 0 Å². The van der Waals surface area contributed by atoms with E-state index in [9.17, 15) is 26.3 Å². The minimum Gasteiger partial charge on any atom is -0.310 e. The summed E-state index contributed by atoms with van der Waals surface area (Å²) in [7, 11) is 0. The average Bonchev–Trinajstić information content (AvgIpc) is 3.61. The first-order chi connectivity index (χ1) is 23.9. The predicted molar refractivity (Wildman–Crippen MR) is 186 cm³/mol. The van der Waals surface area contributed by atoms with E-state index in [4.69, 9.17) is 6.57 Å². The summed E-state index contributed by atoms with van der Waals surface area (Å²) in [5.41, 5.74) is 2.34. The largest absolute Gasteiger partial charge is 0.416 e. The number of nitrogens with zero attached hydrogens (tertiary/aromatic N) is 3. The van der Waals surface area contributed by atoms with Gasteiger partial charge in [-0.05, 0) is 85.1 Å². The average molecular weight is 674 g/mol. The molecule has 8 rings (SSSR count). The van der Waals surface area contributed by atoms with Crippen molar-refractivity contribution in [3.8, 4) is 22.5 Å². The van der Waals surface area contributed by atoms with E-state index in [1.54, 1.807) is 12.1 Å². The number of rotatable bonds is 3. The second kappa shape index (κ2) is 11.0. The highest BCUT2D eigenvalue weighted by molar-refractivity contribution is 6.13. The molecule has 246 valence electrons. The molecule has 0 bridgehead atoms. The van der Waals surface area contributed by atoms with E-state index in [2.05, 4.69) is 4.85 Å². The van der Waals surface area contributed by atoms with Crippen molar-refractivity contribution in [2.45, 2.75) is 26.2 Å². The summed E-state index contributed by atoms with van der Waals surface area (Å²) in [4.78, 5) is 3.78. The van der Waals surface area contributed by atoms with Crippen LogP contribution in [0.5, 0.6) is 0 Å². The summed E-state index contributed by atoms with van der Waals surface area (Å²) in [5.74, 6) is 0. The van der Waals surface area contributed by atoms with Crippen molar-refractivity contribution in [2.24, 2.45) is 0 Å². The Morgan fingerprint density at radius 3 is 1.36 bits per heavy atom. The first-order valence-corrected chi connectivity index (χ1v) is 15.7. The van der Waals surface area contributed by atoms with Gasteiger partial charge in [0.15, 0.2) is 5.69 Å². The molecular weight excluding hydrogens is 648 g/mol. The molecule has 0 aliphatic heterocycles. The van der Waals surface area contributed by atoms with Crippen LogP contribution in [0.15, 0.2) is 115 Å². The molecule has 8 aromatic rings. The molecular formula is C41H25F6N3. The lowest BCUT2D eigenvalue weighted by Gasteiger charge is -2.23. The number of halogens is 6. The Morgan fingerprint density at radius 2 is 0.940 bits per heavy atom. The third-order valence-corrected chi connectivity index (χ3v) is 9.38. The van der Waals surface area contributed by atoms with Gasteiger partial charge in [0, 0.05) is 38.5 Å². The van der Waals surface area contributed by atoms with Gasteiger partial charge >= 0.3 is 12.4 Å². The summed E-state index contributed by atoms with van der Waals surface area (Å²) >= 11 is 0. The van der Waals surface area contributed by atoms with Crippen molar-refractivity contribution < 1.29 is 26.3 Å². The summed E-state index contributed by atoms with van der Waals surface area (Å²) in [6.45, 7) is 12.0. The van der Waals surface area contributed by atoms with Crippen LogP contribution in [0.1, 0.15) is 22.3 Å². The van der Waals surface area contributed by atoms with Crippen molar-refractivity contribution >= 4 is 49.3 Å². The van der Waals surface area contributed by atoms with Crippen LogP contribution in [-0.2, 0) is 12.4 Å². The van der Waals surface area contributed by atoms with Gasteiger partial charge < -0.3 is 9.13 Å². The molecule has 6 aromatic carbocycles. The van der Waals surface area contributed by atoms with Gasteiger partial charge in [-0.1, -0.05) is 60.7 Å². The molecule has 0 aliphatic rings. The molecule has 0 N–H and O–H groups in total. The Hall–Kier alpha value is -6.01. The van der Waals surface area contributed by atoms with Crippen LogP contribution >= 0.6 is 0 Å². The second-order valence-corrected chi connectivity index (χ2v) is 12.4. The summed E-state index contributed by atoms with van der Waals surface area (Å²) in [6.07, 6.45) is -10.1. The molecule has 0 amide bonds. The third kappa shape index (κ3) is 4.74. The van der Waals surface area contributed by atoms with Gasteiger partial charge in [-0.3, -0.25) is 0 Å². The van der Waals surface area contributed by atoms with Crippen LogP contribution in [0.3, 0.4) is 0 Å². The number of aromatic nitrogens is 2. The highest BCUT2D eigenvalue weighted by Gasteiger charge is 2.38. The fourth-order valence-corrected chi connectivity index (χ4v) is 7.33. The molecule has 0 fully saturated rings. The molecule has 2 aromatic heterocycles. The van der Waals surface area contributed by atoms with Crippen LogP contribution in [0.2, 0.25) is 0 Å². The standard InChI is InChI=1S/C41H25F6N3/c1-23-10-8-16-33-37(23)29-12-4-6-14-31(29)49(33)35-21-28(48-3)22-36(39(35)25-18-26(40(42,43)44)20-27(19-25)41(45,46)47)50-32-15-7-5-13-30(32)38-24(2)11-9-17-34(38)50/h4-22H,1-2H3. The first kappa shape index (κ1) is 31.3. The van der Waals surface area contributed by atoms with E-state index < -0.39 is 23.5 Å². The van der Waals surface area contributed by atoms with Gasteiger partial charge in [0.2, 0.25) is 0 Å². The third-order valence-electron chi connectivity index (χ3n) is 9.38. The van der Waals surface area contributed by atoms with Crippen molar-refractivity contribution in [1.29, 1.82) is 0 Å². The molecule has 0 atom stereocenters. The molecule has 2 heterocycles. The molecule has 0 unspecified atom stereocenters. The van der Waals surface area contributed by atoms with E-state index in [0.29, 0.717) is 22.1 Å². The van der Waals surface area contributed by atoms with Gasteiger partial charge in [0.25, 0.3) is 0 Å². The lowest BCUT2D eigenvalue weighted by molar-refractivity contribution is -0.143. The lowest BCUT2D eigenvalue weighted by atomic mass is 9.95. The first-order valence-electron chi connectivity index (χ1n) is 15.7. The van der Waals surface area contributed by atoms with Crippen molar-refractivity contribution in [3.63, 3.8) is 0 Å². The molecule has 0 radical (unpaired) electrons. The highest BCUT2D eigenvalue weighted by atomic mass is 19.4. The smallest absolute Gasteiger partial charge is 0.310 e. The van der Waals surface area contributed by atoms with E-state index in [1.807, 2.05) is 108 Å². The number of para-hydroxylation sites is 2. The normalized spacial score (nSPS) is 12.4. The number of benzene rings is 6. The summed E-state index contributed by atoms with van der Waals surface area (Å²) < 4.78 is 90.2. The number of hydrogen-bond donors (Lipinski definition) is 0. The number of aryl methyl sites for hydroxylation is 2. The van der Waals surface area contributed by atoms with Crippen LogP contribution in [0.4, 0.5) is 32.0 Å². The monoisotopic (exact) mass is 673 g/mol. The minimum atomic E-state index is -5.07. The van der Waals surface area contributed by atoms with Gasteiger partial charge in [-0.15, -0.1) is 0 Å². The van der Waals surface area contributed by atoms with Crippen LogP contribution in [0, 0.1) is 20.4 Å². The van der Waals surface area contributed by atoms with Crippen LogP contribution in [0.25, 0.3) is 71.0 Å². The van der Waals surface area contributed by atoms with Crippen molar-refractivity contribution in [1.82, 2.24) is 9.13 Å². The fourth-order valence-electron chi connectivity index (χ4n) is 7.33. The molecule has 0 saturated heterocycles. The van der Waals surface area contributed by atoms with Crippen molar-refractivity contribution in [2.75, 3.05) is 0 Å². The van der Waals surface area contributed by atoms with Gasteiger partial charge in [0.05, 0.1) is 39.8 Å². The van der Waals surface area contributed by atoms with E-state index in [0.717, 1.165) is 44.8 Å². The quantitative estimate of drug-likeness (QED) is 0.131. The Bertz CT molecular complexity index is 2550. The second-order valence-electron chi connectivity index (χ2n) is 12.4. The molecule has 0 aliphatic carbocycles. The zero-order valence-corrected chi connectivity index (χ0v) is 26.6. The van der Waals surface area contributed by atoms with Crippen LogP contribution < -0.4 is 0 Å². The predicted octanol–water partition coefficient (Wildman–Crippen LogP) is 12.8. The zero-order valence-electron chi connectivity index (χ0n) is 26.6. The lowest BCUT2D eigenvalue weighted by Crippen LogP contribution is -2.12. The van der Waals surface area contributed by atoms with Gasteiger partial charge in [0.1, 0.15) is 0 Å². The SMILES string of the molecule is [C-]#[N+]c1cc(-n2c3ccccc3c3c(C)cccc32)c(-c2cc(C(F)(F)F)cc(C(F)(F)F)c2)c(-n2c3ccccc3c3c(C)cccc32)c1. The van der Waals surface area contributed by atoms with Gasteiger partial charge in [-0.2, -0.15) is 26.3 Å². The molecule has 9 heteroatoms. The molecule has 0 saturated carbocycles. The Morgan fingerprint density at radius 1 is 0.520 bits per heavy atom. The van der Waals surface area contributed by atoms with Crippen molar-refractivity contribution in [3.05, 3.63) is 149 Å². The Balaban J connectivity index is 1.64. The van der Waals surface area contributed by atoms with Gasteiger partial charge in [-0.25, -0.2) is 4.85 Å². The number of hydrogen-bond acceptors (Lipinski definition) is 0. The molecule has 3 nitrogen and oxygen atoms in total. The number of fused-ring (bicyclic) bond motifs is 6. The Labute approximate surface area is 282 Å². The Kier molecular flexibility index (Phi) is 6.88. The summed E-state index contributed by atoms with van der Waals surface area (Å²) in [5, 5.41) is 3.48. The van der Waals surface area contributed by atoms with Crippen LogP contribution in [-0.4, -0.2) is 9.13 Å². The maximum atomic E-state index is 14.4. The fraction of sp³-hybridized carbons (Fsp3) is 0.0976. The summed E-state index contributed by atoms with van der Waals surface area (Å²) in [6, 6.07) is 31.1. The highest BCUT2D eigenvalue weighted by Crippen LogP contribution is 2.47.